The molecule has 2 N–H and O–H groups in total. The normalized spacial score (nSPS) is 10.6. The number of phenolic OH excluding ortho intramolecular Hbond substituents is 1. The molecule has 2 aromatic rings. The summed E-state index contributed by atoms with van der Waals surface area (Å²) in [4.78, 5) is 11.8. The molecule has 0 aromatic heterocycles. The number of nitrogens with one attached hydrogen (secondary N) is 1. The van der Waals surface area contributed by atoms with Crippen LogP contribution in [-0.2, 0) is 11.2 Å². The second-order valence-corrected chi connectivity index (χ2v) is 4.88. The maximum Gasteiger partial charge on any atom is 0.244 e. The summed E-state index contributed by atoms with van der Waals surface area (Å²) in [6, 6.07) is 12.4. The van der Waals surface area contributed by atoms with Crippen molar-refractivity contribution in [1.29, 1.82) is 0 Å². The average Bonchev–Trinajstić information content (AvgIpc) is 2.51. The van der Waals surface area contributed by atoms with E-state index in [9.17, 15) is 9.90 Å². The van der Waals surface area contributed by atoms with Gasteiger partial charge in [0, 0.05) is 5.56 Å². The summed E-state index contributed by atoms with van der Waals surface area (Å²) in [6.07, 6.45) is 1.65. The first-order valence-electron chi connectivity index (χ1n) is 6.83. The number of hydrogen-bond donors (Lipinski definition) is 2. The van der Waals surface area contributed by atoms with Gasteiger partial charge in [0.25, 0.3) is 0 Å². The standard InChI is InChI=1S/C17H18N2O3/c1-12-3-8-16(20)14(9-12)11-18-19-17(21)10-13-4-6-15(22-2)7-5-13/h3-9,11,20H,10H2,1-2H3,(H,19,21)/b18-11-. The highest BCUT2D eigenvalue weighted by Gasteiger charge is 2.03. The van der Waals surface area contributed by atoms with Crippen molar-refractivity contribution in [3.63, 3.8) is 0 Å². The van der Waals surface area contributed by atoms with E-state index in [2.05, 4.69) is 10.5 Å². The minimum atomic E-state index is -0.228. The number of methoxy groups -OCH3 is 1. The van der Waals surface area contributed by atoms with E-state index in [0.29, 0.717) is 5.56 Å². The van der Waals surface area contributed by atoms with Crippen molar-refractivity contribution in [2.45, 2.75) is 13.3 Å². The number of hydrogen-bond acceptors (Lipinski definition) is 4. The van der Waals surface area contributed by atoms with Crippen LogP contribution >= 0.6 is 0 Å². The van der Waals surface area contributed by atoms with Crippen LogP contribution in [0, 0.1) is 6.92 Å². The molecule has 0 aliphatic rings. The van der Waals surface area contributed by atoms with Gasteiger partial charge in [0.1, 0.15) is 11.5 Å². The van der Waals surface area contributed by atoms with Crippen molar-refractivity contribution < 1.29 is 14.6 Å². The van der Waals surface area contributed by atoms with Gasteiger partial charge in [0.05, 0.1) is 19.7 Å². The Kier molecular flexibility index (Phi) is 5.14. The Morgan fingerprint density at radius 3 is 2.68 bits per heavy atom. The minimum absolute atomic E-state index is 0.124. The average molecular weight is 298 g/mol. The topological polar surface area (TPSA) is 70.9 Å². The molecule has 0 unspecified atom stereocenters. The van der Waals surface area contributed by atoms with Gasteiger partial charge in [0.2, 0.25) is 5.91 Å². The maximum atomic E-state index is 11.8. The van der Waals surface area contributed by atoms with Crippen LogP contribution in [0.15, 0.2) is 47.6 Å². The fourth-order valence-electron chi connectivity index (χ4n) is 1.92. The predicted octanol–water partition coefficient (Wildman–Crippen LogP) is 2.40. The zero-order valence-electron chi connectivity index (χ0n) is 12.5. The summed E-state index contributed by atoms with van der Waals surface area (Å²) in [5, 5.41) is 13.5. The SMILES string of the molecule is COc1ccc(CC(=O)N/N=C\c2cc(C)ccc2O)cc1. The van der Waals surface area contributed by atoms with E-state index in [1.807, 2.05) is 19.1 Å². The molecule has 114 valence electrons. The van der Waals surface area contributed by atoms with Crippen molar-refractivity contribution in [2.24, 2.45) is 5.10 Å². The largest absolute Gasteiger partial charge is 0.507 e. The molecule has 0 saturated heterocycles. The van der Waals surface area contributed by atoms with Crippen LogP contribution in [0.3, 0.4) is 0 Å². The van der Waals surface area contributed by atoms with Crippen LogP contribution in [0.2, 0.25) is 0 Å². The van der Waals surface area contributed by atoms with Gasteiger partial charge in [-0.05, 0) is 36.8 Å². The van der Waals surface area contributed by atoms with E-state index in [1.54, 1.807) is 37.4 Å². The smallest absolute Gasteiger partial charge is 0.244 e. The Hall–Kier alpha value is -2.82. The number of carbonyl (C=O) groups excluding carboxylic acids is 1. The molecular formula is C17H18N2O3. The predicted molar refractivity (Wildman–Crippen MR) is 85.3 cm³/mol. The highest BCUT2D eigenvalue weighted by molar-refractivity contribution is 5.85. The van der Waals surface area contributed by atoms with Gasteiger partial charge in [-0.2, -0.15) is 5.10 Å². The lowest BCUT2D eigenvalue weighted by Gasteiger charge is -2.03. The summed E-state index contributed by atoms with van der Waals surface area (Å²) >= 11 is 0. The van der Waals surface area contributed by atoms with Gasteiger partial charge < -0.3 is 9.84 Å². The molecule has 0 bridgehead atoms. The number of rotatable bonds is 5. The van der Waals surface area contributed by atoms with Gasteiger partial charge in [-0.3, -0.25) is 4.79 Å². The van der Waals surface area contributed by atoms with Gasteiger partial charge >= 0.3 is 0 Å². The summed E-state index contributed by atoms with van der Waals surface area (Å²) in [5.74, 6) is 0.643. The van der Waals surface area contributed by atoms with E-state index in [0.717, 1.165) is 16.9 Å². The van der Waals surface area contributed by atoms with Crippen LogP contribution in [0.25, 0.3) is 0 Å². The van der Waals surface area contributed by atoms with Gasteiger partial charge in [-0.25, -0.2) is 5.43 Å². The Morgan fingerprint density at radius 2 is 2.00 bits per heavy atom. The fourth-order valence-corrected chi connectivity index (χ4v) is 1.92. The second kappa shape index (κ2) is 7.26. The molecular weight excluding hydrogens is 280 g/mol. The Bertz CT molecular complexity index is 679. The Morgan fingerprint density at radius 1 is 1.27 bits per heavy atom. The number of ether oxygens (including phenoxy) is 1. The molecule has 0 heterocycles. The van der Waals surface area contributed by atoms with Crippen molar-refractivity contribution >= 4 is 12.1 Å². The Labute approximate surface area is 129 Å². The lowest BCUT2D eigenvalue weighted by molar-refractivity contribution is -0.120. The fraction of sp³-hybridized carbons (Fsp3) is 0.176. The first kappa shape index (κ1) is 15.6. The van der Waals surface area contributed by atoms with Crippen LogP contribution in [0.4, 0.5) is 0 Å². The number of nitrogens with zero attached hydrogens (tertiary/aromatic N) is 1. The molecule has 22 heavy (non-hydrogen) atoms. The van der Waals surface area contributed by atoms with Crippen molar-refractivity contribution in [3.05, 3.63) is 59.2 Å². The summed E-state index contributed by atoms with van der Waals surface area (Å²) in [6.45, 7) is 1.92. The number of phenols is 1. The third-order valence-corrected chi connectivity index (χ3v) is 3.10. The molecule has 0 radical (unpaired) electrons. The van der Waals surface area contributed by atoms with Crippen molar-refractivity contribution in [1.82, 2.24) is 5.43 Å². The molecule has 2 rings (SSSR count). The Balaban J connectivity index is 1.91. The quantitative estimate of drug-likeness (QED) is 0.658. The van der Waals surface area contributed by atoms with E-state index in [4.69, 9.17) is 4.74 Å². The molecule has 5 heteroatoms. The monoisotopic (exact) mass is 298 g/mol. The van der Waals surface area contributed by atoms with E-state index in [1.165, 1.54) is 6.21 Å². The number of benzene rings is 2. The zero-order chi connectivity index (χ0) is 15.9. The zero-order valence-corrected chi connectivity index (χ0v) is 12.5. The highest BCUT2D eigenvalue weighted by Crippen LogP contribution is 2.15. The molecule has 0 aliphatic carbocycles. The first-order valence-corrected chi connectivity index (χ1v) is 6.83. The number of aromatic hydroxyl groups is 1. The van der Waals surface area contributed by atoms with E-state index >= 15 is 0 Å². The molecule has 2 aromatic carbocycles. The third kappa shape index (κ3) is 4.34. The summed E-state index contributed by atoms with van der Waals surface area (Å²) in [7, 11) is 1.59. The number of amides is 1. The van der Waals surface area contributed by atoms with Crippen LogP contribution in [0.1, 0.15) is 16.7 Å². The highest BCUT2D eigenvalue weighted by atomic mass is 16.5. The first-order chi connectivity index (χ1) is 10.6. The molecule has 0 atom stereocenters. The molecule has 5 nitrogen and oxygen atoms in total. The van der Waals surface area contributed by atoms with Crippen LogP contribution in [0.5, 0.6) is 11.5 Å². The van der Waals surface area contributed by atoms with Gasteiger partial charge in [-0.15, -0.1) is 0 Å². The lowest BCUT2D eigenvalue weighted by Crippen LogP contribution is -2.19. The number of aryl methyl sites for hydroxylation is 1. The van der Waals surface area contributed by atoms with E-state index in [-0.39, 0.29) is 18.1 Å². The second-order valence-electron chi connectivity index (χ2n) is 4.88. The molecule has 0 fully saturated rings. The summed E-state index contributed by atoms with van der Waals surface area (Å²) in [5.41, 5.74) is 4.87. The maximum absolute atomic E-state index is 11.8. The lowest BCUT2D eigenvalue weighted by atomic mass is 10.1. The van der Waals surface area contributed by atoms with Gasteiger partial charge in [0.15, 0.2) is 0 Å². The molecule has 0 spiro atoms. The number of carbonyl (C=O) groups is 1. The van der Waals surface area contributed by atoms with Crippen LogP contribution < -0.4 is 10.2 Å². The third-order valence-electron chi connectivity index (χ3n) is 3.10. The molecule has 0 saturated carbocycles. The summed E-state index contributed by atoms with van der Waals surface area (Å²) < 4.78 is 5.06. The van der Waals surface area contributed by atoms with Crippen LogP contribution in [-0.4, -0.2) is 24.3 Å². The van der Waals surface area contributed by atoms with E-state index < -0.39 is 0 Å². The van der Waals surface area contributed by atoms with Crippen molar-refractivity contribution in [3.8, 4) is 11.5 Å². The van der Waals surface area contributed by atoms with Crippen molar-refractivity contribution in [2.75, 3.05) is 7.11 Å². The number of hydrazone groups is 1. The minimum Gasteiger partial charge on any atom is -0.507 e. The molecule has 1 amide bonds. The molecule has 0 aliphatic heterocycles. The van der Waals surface area contributed by atoms with Gasteiger partial charge in [-0.1, -0.05) is 23.8 Å².